The quantitative estimate of drug-likeness (QED) is 0.126. The molecule has 0 heterocycles. The number of carboxylic acid groups (broad SMARTS) is 1. The molecule has 0 aliphatic carbocycles. The van der Waals surface area contributed by atoms with Crippen molar-refractivity contribution in [3.63, 3.8) is 0 Å². The molecular weight excluding hydrogens is 310 g/mol. The van der Waals surface area contributed by atoms with E-state index < -0.39 is 11.9 Å². The van der Waals surface area contributed by atoms with Gasteiger partial charge in [-0.05, 0) is 6.42 Å². The molecule has 138 valence electrons. The summed E-state index contributed by atoms with van der Waals surface area (Å²) >= 11 is 0. The highest BCUT2D eigenvalue weighted by molar-refractivity contribution is 5.70. The van der Waals surface area contributed by atoms with E-state index in [1.807, 2.05) is 0 Å². The topological polar surface area (TPSA) is 118 Å². The zero-order chi connectivity index (χ0) is 17.9. The van der Waals surface area contributed by atoms with Gasteiger partial charge in [0.15, 0.2) is 6.40 Å². The van der Waals surface area contributed by atoms with Crippen LogP contribution in [0.5, 0.6) is 0 Å². The molecule has 0 aliphatic heterocycles. The Labute approximate surface area is 144 Å². The Morgan fingerprint density at radius 1 is 1.04 bits per heavy atom. The Bertz CT molecular complexity index is 375. The van der Waals surface area contributed by atoms with Gasteiger partial charge in [-0.2, -0.15) is 0 Å². The molecule has 1 unspecified atom stereocenters. The van der Waals surface area contributed by atoms with Crippen molar-refractivity contribution >= 4 is 12.4 Å². The summed E-state index contributed by atoms with van der Waals surface area (Å²) in [5.41, 5.74) is 7.98. The number of ether oxygens (including phenoxy) is 1. The zero-order valence-corrected chi connectivity index (χ0v) is 14.6. The summed E-state index contributed by atoms with van der Waals surface area (Å²) in [5, 5.41) is 20.7. The number of carboxylic acids is 1. The molecule has 0 rings (SSSR count). The average molecular weight is 340 g/mol. The molecular formula is C16H30N5O3-. The van der Waals surface area contributed by atoms with Gasteiger partial charge in [0.25, 0.3) is 0 Å². The summed E-state index contributed by atoms with van der Waals surface area (Å²) in [7, 11) is 0. The first kappa shape index (κ1) is 22.1. The number of aliphatic carboxylic acids is 1. The molecule has 0 fully saturated rings. The number of unbranched alkanes of at least 4 members (excludes halogenated alkanes) is 9. The van der Waals surface area contributed by atoms with E-state index in [1.54, 1.807) is 0 Å². The van der Waals surface area contributed by atoms with Crippen LogP contribution in [0.1, 0.15) is 77.6 Å². The summed E-state index contributed by atoms with van der Waals surface area (Å²) in [6.07, 6.45) is 13.8. The zero-order valence-electron chi connectivity index (χ0n) is 14.6. The first-order chi connectivity index (χ1) is 11.7. The fourth-order valence-electron chi connectivity index (χ4n) is 2.41. The summed E-state index contributed by atoms with van der Waals surface area (Å²) in [6, 6.07) is 0. The maximum atomic E-state index is 11.1. The maximum Gasteiger partial charge on any atom is 0.309 e. The van der Waals surface area contributed by atoms with E-state index in [0.29, 0.717) is 6.42 Å². The first-order valence-electron chi connectivity index (χ1n) is 8.82. The van der Waals surface area contributed by atoms with Gasteiger partial charge in [0.1, 0.15) is 6.61 Å². The number of rotatable bonds is 17. The van der Waals surface area contributed by atoms with E-state index in [2.05, 4.69) is 27.7 Å². The minimum atomic E-state index is -0.869. The maximum absolute atomic E-state index is 11.1. The molecule has 0 aromatic rings. The average Bonchev–Trinajstić information content (AvgIpc) is 2.57. The van der Waals surface area contributed by atoms with Crippen LogP contribution in [0, 0.1) is 5.92 Å². The number of carbonyl (C=O) groups is 1. The van der Waals surface area contributed by atoms with Gasteiger partial charge in [-0.1, -0.05) is 71.1 Å². The van der Waals surface area contributed by atoms with Gasteiger partial charge >= 0.3 is 5.97 Å². The van der Waals surface area contributed by atoms with Gasteiger partial charge in [0.2, 0.25) is 0 Å². The molecule has 0 spiro atoms. The van der Waals surface area contributed by atoms with Crippen molar-refractivity contribution in [1.29, 1.82) is 0 Å². The molecule has 0 aliphatic rings. The standard InChI is InChI=1S/C16H30N5O3/c1-2-3-4-5-6-7-8-9-10-11-12-15(16(22)23)13-24-14-18-20-21-19-17/h14-15H,2-13H2,1H3,(H,22,23)/q-1/b18-14+,21-20+. The van der Waals surface area contributed by atoms with Crippen LogP contribution in [0.25, 0.3) is 5.53 Å². The van der Waals surface area contributed by atoms with Gasteiger partial charge in [-0.3, -0.25) is 10.0 Å². The third-order valence-corrected chi connectivity index (χ3v) is 3.81. The Kier molecular flexibility index (Phi) is 16.1. The van der Waals surface area contributed by atoms with Crippen molar-refractivity contribution < 1.29 is 14.6 Å². The van der Waals surface area contributed by atoms with Crippen LogP contribution in [-0.2, 0) is 9.53 Å². The molecule has 8 heteroatoms. The van der Waals surface area contributed by atoms with Gasteiger partial charge in [0, 0.05) is 0 Å². The fourth-order valence-corrected chi connectivity index (χ4v) is 2.41. The van der Waals surface area contributed by atoms with Crippen LogP contribution in [0.15, 0.2) is 20.8 Å². The van der Waals surface area contributed by atoms with Crippen LogP contribution in [0.4, 0.5) is 0 Å². The summed E-state index contributed by atoms with van der Waals surface area (Å²) in [4.78, 5) is 11.1. The summed E-state index contributed by atoms with van der Waals surface area (Å²) in [5.74, 6) is -1.42. The Balaban J connectivity index is 3.61. The van der Waals surface area contributed by atoms with Crippen molar-refractivity contribution in [2.45, 2.75) is 77.6 Å². The molecule has 0 saturated carbocycles. The van der Waals surface area contributed by atoms with Crippen molar-refractivity contribution in [3.05, 3.63) is 5.53 Å². The highest BCUT2D eigenvalue weighted by Crippen LogP contribution is 2.14. The van der Waals surface area contributed by atoms with E-state index in [4.69, 9.17) is 15.4 Å². The van der Waals surface area contributed by atoms with Crippen LogP contribution in [-0.4, -0.2) is 24.1 Å². The lowest BCUT2D eigenvalue weighted by molar-refractivity contribution is -0.143. The molecule has 8 nitrogen and oxygen atoms in total. The number of nitrogens with zero attached hydrogens (tertiary/aromatic N) is 5. The lowest BCUT2D eigenvalue weighted by Gasteiger charge is -2.11. The lowest BCUT2D eigenvalue weighted by Crippen LogP contribution is -2.19. The van der Waals surface area contributed by atoms with E-state index in [1.165, 1.54) is 44.9 Å². The number of hydrogen-bond donors (Lipinski definition) is 1. The molecule has 0 amide bonds. The minimum Gasteiger partial charge on any atom is -0.481 e. The highest BCUT2D eigenvalue weighted by Gasteiger charge is 2.17. The van der Waals surface area contributed by atoms with Gasteiger partial charge in [0.05, 0.1) is 5.92 Å². The SMILES string of the molecule is CCCCCCCCCCCCC(CO/C=N/N=N/N=[N-])C(=O)O. The van der Waals surface area contributed by atoms with Crippen LogP contribution < -0.4 is 0 Å². The molecule has 0 aromatic carbocycles. The van der Waals surface area contributed by atoms with Crippen molar-refractivity contribution in [2.75, 3.05) is 6.61 Å². The summed E-state index contributed by atoms with van der Waals surface area (Å²) < 4.78 is 5.00. The third-order valence-electron chi connectivity index (χ3n) is 3.81. The van der Waals surface area contributed by atoms with E-state index in [9.17, 15) is 4.79 Å². The largest absolute Gasteiger partial charge is 0.481 e. The van der Waals surface area contributed by atoms with Crippen LogP contribution in [0.3, 0.4) is 0 Å². The minimum absolute atomic E-state index is 0.0437. The van der Waals surface area contributed by atoms with Gasteiger partial charge in [-0.25, -0.2) is 5.22 Å². The highest BCUT2D eigenvalue weighted by atomic mass is 16.5. The second-order valence-corrected chi connectivity index (χ2v) is 5.83. The second kappa shape index (κ2) is 17.5. The van der Waals surface area contributed by atoms with E-state index in [0.717, 1.165) is 25.7 Å². The second-order valence-electron chi connectivity index (χ2n) is 5.83. The molecule has 0 aromatic heterocycles. The molecule has 0 bridgehead atoms. The third kappa shape index (κ3) is 15.1. The molecule has 1 atom stereocenters. The lowest BCUT2D eigenvalue weighted by atomic mass is 10.0. The van der Waals surface area contributed by atoms with Crippen molar-refractivity contribution in [2.24, 2.45) is 26.7 Å². The van der Waals surface area contributed by atoms with Gasteiger partial charge in [-0.15, -0.1) is 10.3 Å². The summed E-state index contributed by atoms with van der Waals surface area (Å²) in [6.45, 7) is 2.27. The smallest absolute Gasteiger partial charge is 0.309 e. The Morgan fingerprint density at radius 3 is 2.17 bits per heavy atom. The van der Waals surface area contributed by atoms with E-state index in [-0.39, 0.29) is 6.61 Å². The van der Waals surface area contributed by atoms with Crippen molar-refractivity contribution in [3.8, 4) is 0 Å². The number of hydrogen-bond acceptors (Lipinski definition) is 3. The van der Waals surface area contributed by atoms with Crippen molar-refractivity contribution in [1.82, 2.24) is 0 Å². The van der Waals surface area contributed by atoms with E-state index >= 15 is 0 Å². The predicted octanol–water partition coefficient (Wildman–Crippen LogP) is 5.35. The first-order valence-corrected chi connectivity index (χ1v) is 8.82. The predicted molar refractivity (Wildman–Crippen MR) is 92.7 cm³/mol. The molecule has 1 N–H and O–H groups in total. The monoisotopic (exact) mass is 340 g/mol. The molecule has 0 saturated heterocycles. The van der Waals surface area contributed by atoms with Gasteiger partial charge < -0.3 is 15.4 Å². The Hall–Kier alpha value is -1.86. The fraction of sp³-hybridized carbons (Fsp3) is 0.875. The van der Waals surface area contributed by atoms with Crippen LogP contribution in [0.2, 0.25) is 0 Å². The Morgan fingerprint density at radius 2 is 1.62 bits per heavy atom. The normalized spacial score (nSPS) is 12.7. The molecule has 24 heavy (non-hydrogen) atoms. The molecule has 0 radical (unpaired) electrons. The van der Waals surface area contributed by atoms with Crippen LogP contribution >= 0.6 is 0 Å².